The Hall–Kier alpha value is -3.54. The number of ether oxygens (including phenoxy) is 3. The molecule has 0 unspecified atom stereocenters. The number of para-hydroxylation sites is 1. The second kappa shape index (κ2) is 8.86. The van der Waals surface area contributed by atoms with Gasteiger partial charge in [-0.25, -0.2) is 4.79 Å². The fourth-order valence-corrected chi connectivity index (χ4v) is 3.47. The fraction of sp³-hybridized carbons (Fsp3) is 0.250. The highest BCUT2D eigenvalue weighted by Gasteiger charge is 2.38. The number of nitrogens with zero attached hydrogens (tertiary/aromatic N) is 1. The molecule has 0 spiro atoms. The number of amides is 1. The monoisotopic (exact) mass is 407 g/mol. The van der Waals surface area contributed by atoms with Crippen molar-refractivity contribution >= 4 is 23.6 Å². The van der Waals surface area contributed by atoms with E-state index in [0.717, 1.165) is 5.56 Å². The second-order valence-corrected chi connectivity index (χ2v) is 6.80. The van der Waals surface area contributed by atoms with Gasteiger partial charge in [-0.2, -0.15) is 0 Å². The lowest BCUT2D eigenvalue weighted by Crippen LogP contribution is -2.24. The molecule has 0 atom stereocenters. The standard InChI is InChI=1S/C24H25NO5/c1-6-30-24(27)21-16(3)25(18-12-10-15(2)11-13-18)23(26)19(21)14-17-8-7-9-20(28-4)22(17)29-5/h7-14H,6H2,1-5H3/b19-14-. The van der Waals surface area contributed by atoms with E-state index < -0.39 is 5.97 Å². The minimum atomic E-state index is -0.536. The predicted molar refractivity (Wildman–Crippen MR) is 116 cm³/mol. The molecule has 156 valence electrons. The zero-order chi connectivity index (χ0) is 21.8. The van der Waals surface area contributed by atoms with Gasteiger partial charge in [0.05, 0.1) is 32.0 Å². The average molecular weight is 407 g/mol. The Morgan fingerprint density at radius 2 is 1.73 bits per heavy atom. The smallest absolute Gasteiger partial charge is 0.340 e. The van der Waals surface area contributed by atoms with Gasteiger partial charge in [-0.1, -0.05) is 29.8 Å². The molecule has 2 aromatic carbocycles. The molecule has 6 nitrogen and oxygen atoms in total. The summed E-state index contributed by atoms with van der Waals surface area (Å²) in [6, 6.07) is 12.9. The number of hydrogen-bond acceptors (Lipinski definition) is 5. The van der Waals surface area contributed by atoms with Gasteiger partial charge in [0.15, 0.2) is 11.5 Å². The van der Waals surface area contributed by atoms with Crippen LogP contribution in [0.5, 0.6) is 11.5 Å². The minimum absolute atomic E-state index is 0.212. The highest BCUT2D eigenvalue weighted by Crippen LogP contribution is 2.38. The van der Waals surface area contributed by atoms with Crippen molar-refractivity contribution in [3.8, 4) is 11.5 Å². The maximum absolute atomic E-state index is 13.4. The van der Waals surface area contributed by atoms with Crippen LogP contribution in [0.1, 0.15) is 25.0 Å². The quantitative estimate of drug-likeness (QED) is 0.528. The highest BCUT2D eigenvalue weighted by molar-refractivity contribution is 6.24. The van der Waals surface area contributed by atoms with Crippen molar-refractivity contribution in [2.45, 2.75) is 20.8 Å². The SMILES string of the molecule is CCOC(=O)C1=C(C)N(c2ccc(C)cc2)C(=O)/C1=C\c1cccc(OC)c1OC. The summed E-state index contributed by atoms with van der Waals surface area (Å²) in [5.41, 5.74) is 3.40. The van der Waals surface area contributed by atoms with Crippen LogP contribution in [0.3, 0.4) is 0 Å². The summed E-state index contributed by atoms with van der Waals surface area (Å²) in [5, 5.41) is 0. The highest BCUT2D eigenvalue weighted by atomic mass is 16.5. The van der Waals surface area contributed by atoms with Crippen LogP contribution in [0.2, 0.25) is 0 Å². The molecule has 2 aromatic rings. The van der Waals surface area contributed by atoms with Crippen LogP contribution >= 0.6 is 0 Å². The van der Waals surface area contributed by atoms with E-state index in [9.17, 15) is 9.59 Å². The molecular formula is C24H25NO5. The van der Waals surface area contributed by atoms with Crippen molar-refractivity contribution in [2.75, 3.05) is 25.7 Å². The molecular weight excluding hydrogens is 382 g/mol. The van der Waals surface area contributed by atoms with Crippen molar-refractivity contribution < 1.29 is 23.8 Å². The molecule has 0 aromatic heterocycles. The molecule has 1 aliphatic heterocycles. The van der Waals surface area contributed by atoms with E-state index in [1.807, 2.05) is 31.2 Å². The Morgan fingerprint density at radius 3 is 2.33 bits per heavy atom. The van der Waals surface area contributed by atoms with Gasteiger partial charge in [-0.3, -0.25) is 9.69 Å². The minimum Gasteiger partial charge on any atom is -0.493 e. The average Bonchev–Trinajstić information content (AvgIpc) is 2.98. The molecule has 0 radical (unpaired) electrons. The number of benzene rings is 2. The van der Waals surface area contributed by atoms with Crippen LogP contribution in [0.25, 0.3) is 6.08 Å². The topological polar surface area (TPSA) is 65.1 Å². The van der Waals surface area contributed by atoms with Crippen molar-refractivity contribution in [1.29, 1.82) is 0 Å². The number of carbonyl (C=O) groups excluding carboxylic acids is 2. The molecule has 6 heteroatoms. The Labute approximate surface area is 176 Å². The molecule has 0 fully saturated rings. The van der Waals surface area contributed by atoms with E-state index in [4.69, 9.17) is 14.2 Å². The van der Waals surface area contributed by atoms with Gasteiger partial charge in [0, 0.05) is 16.9 Å². The maximum atomic E-state index is 13.4. The molecule has 1 aliphatic rings. The molecule has 0 aliphatic carbocycles. The van der Waals surface area contributed by atoms with E-state index in [1.165, 1.54) is 12.0 Å². The van der Waals surface area contributed by atoms with E-state index in [1.54, 1.807) is 45.2 Å². The third kappa shape index (κ3) is 3.81. The van der Waals surface area contributed by atoms with Gasteiger partial charge in [-0.15, -0.1) is 0 Å². The Balaban J connectivity index is 2.18. The number of aryl methyl sites for hydroxylation is 1. The summed E-state index contributed by atoms with van der Waals surface area (Å²) >= 11 is 0. The molecule has 0 saturated heterocycles. The van der Waals surface area contributed by atoms with E-state index in [-0.39, 0.29) is 23.7 Å². The van der Waals surface area contributed by atoms with Gasteiger partial charge in [0.25, 0.3) is 5.91 Å². The molecule has 3 rings (SSSR count). The lowest BCUT2D eigenvalue weighted by molar-refractivity contribution is -0.138. The number of rotatable bonds is 6. The first-order valence-electron chi connectivity index (χ1n) is 9.65. The van der Waals surface area contributed by atoms with Crippen molar-refractivity contribution in [2.24, 2.45) is 0 Å². The zero-order valence-corrected chi connectivity index (χ0v) is 17.8. The van der Waals surface area contributed by atoms with Crippen LogP contribution in [-0.4, -0.2) is 32.7 Å². The number of hydrogen-bond donors (Lipinski definition) is 0. The van der Waals surface area contributed by atoms with Gasteiger partial charge >= 0.3 is 5.97 Å². The molecule has 0 saturated carbocycles. The van der Waals surface area contributed by atoms with Gasteiger partial charge in [0.1, 0.15) is 0 Å². The lowest BCUT2D eigenvalue weighted by atomic mass is 10.0. The van der Waals surface area contributed by atoms with Gasteiger partial charge in [0.2, 0.25) is 0 Å². The van der Waals surface area contributed by atoms with Crippen LogP contribution in [0.4, 0.5) is 5.69 Å². The second-order valence-electron chi connectivity index (χ2n) is 6.80. The largest absolute Gasteiger partial charge is 0.493 e. The summed E-state index contributed by atoms with van der Waals surface area (Å²) in [6.07, 6.45) is 1.65. The lowest BCUT2D eigenvalue weighted by Gasteiger charge is -2.18. The first kappa shape index (κ1) is 21.2. The summed E-state index contributed by atoms with van der Waals surface area (Å²) in [4.78, 5) is 27.7. The molecule has 0 bridgehead atoms. The van der Waals surface area contributed by atoms with Crippen molar-refractivity contribution in [3.63, 3.8) is 0 Å². The predicted octanol–water partition coefficient (Wildman–Crippen LogP) is 4.28. The molecule has 1 amide bonds. The summed E-state index contributed by atoms with van der Waals surface area (Å²) in [6.45, 7) is 5.66. The van der Waals surface area contributed by atoms with Crippen LogP contribution < -0.4 is 14.4 Å². The van der Waals surface area contributed by atoms with Crippen molar-refractivity contribution in [1.82, 2.24) is 0 Å². The van der Waals surface area contributed by atoms with Crippen molar-refractivity contribution in [3.05, 3.63) is 70.4 Å². The Bertz CT molecular complexity index is 1030. The van der Waals surface area contributed by atoms with Crippen LogP contribution in [0, 0.1) is 6.92 Å². The first-order valence-corrected chi connectivity index (χ1v) is 9.65. The molecule has 0 N–H and O–H groups in total. The Morgan fingerprint density at radius 1 is 1.03 bits per heavy atom. The first-order chi connectivity index (χ1) is 14.4. The van der Waals surface area contributed by atoms with Gasteiger partial charge in [-0.05, 0) is 45.0 Å². The number of methoxy groups -OCH3 is 2. The third-order valence-electron chi connectivity index (χ3n) is 4.91. The third-order valence-corrected chi connectivity index (χ3v) is 4.91. The van der Waals surface area contributed by atoms with E-state index in [2.05, 4.69) is 0 Å². The van der Waals surface area contributed by atoms with E-state index in [0.29, 0.717) is 28.4 Å². The molecule has 30 heavy (non-hydrogen) atoms. The van der Waals surface area contributed by atoms with Crippen LogP contribution in [-0.2, 0) is 14.3 Å². The van der Waals surface area contributed by atoms with Gasteiger partial charge < -0.3 is 14.2 Å². The van der Waals surface area contributed by atoms with Crippen LogP contribution in [0.15, 0.2) is 59.3 Å². The zero-order valence-electron chi connectivity index (χ0n) is 17.8. The normalized spacial score (nSPS) is 15.0. The maximum Gasteiger partial charge on any atom is 0.340 e. The summed E-state index contributed by atoms with van der Waals surface area (Å²) in [7, 11) is 3.07. The fourth-order valence-electron chi connectivity index (χ4n) is 3.47. The number of anilines is 1. The van der Waals surface area contributed by atoms with E-state index >= 15 is 0 Å². The summed E-state index contributed by atoms with van der Waals surface area (Å²) < 4.78 is 16.1. The number of esters is 1. The molecule has 1 heterocycles. The number of allylic oxidation sites excluding steroid dienone is 1. The number of carbonyl (C=O) groups is 2. The Kier molecular flexibility index (Phi) is 6.26. The summed E-state index contributed by atoms with van der Waals surface area (Å²) in [5.74, 6) is 0.177.